The molecule has 4 N–H and O–H groups in total. The number of carboxylic acid groups (broad SMARTS) is 1. The third-order valence-corrected chi connectivity index (χ3v) is 9.03. The highest BCUT2D eigenvalue weighted by atomic mass is 16.5. The van der Waals surface area contributed by atoms with E-state index in [9.17, 15) is 15.0 Å². The first-order chi connectivity index (χ1) is 14.3. The van der Waals surface area contributed by atoms with E-state index in [-0.39, 0.29) is 35.3 Å². The molecule has 5 rings (SSSR count). The Labute approximate surface area is 177 Å². The standard InChI is InChI=1S/C23H31N3O4/c1-13-4-5-15-10-16-18(19(27)28)22(29,12-30-3)17-7-6-14-8-9-26(20(24)25-2)11-21(14,15)23(13,16)17/h6-9,13-15,17,29H,4-5,10-12H2,1-3H3,(H2,24,25)(H,27,28). The van der Waals surface area contributed by atoms with Crippen LogP contribution in [0.4, 0.5) is 0 Å². The number of allylic oxidation sites excluding steroid dienone is 3. The maximum atomic E-state index is 12.5. The first-order valence-corrected chi connectivity index (χ1v) is 10.8. The van der Waals surface area contributed by atoms with Crippen LogP contribution >= 0.6 is 0 Å². The zero-order valence-corrected chi connectivity index (χ0v) is 17.8. The lowest BCUT2D eigenvalue weighted by Gasteiger charge is -2.64. The fourth-order valence-corrected chi connectivity index (χ4v) is 8.27. The Morgan fingerprint density at radius 1 is 1.37 bits per heavy atom. The molecule has 0 saturated heterocycles. The van der Waals surface area contributed by atoms with Crippen LogP contribution in [0.2, 0.25) is 0 Å². The molecule has 0 amide bonds. The summed E-state index contributed by atoms with van der Waals surface area (Å²) in [7, 11) is 3.21. The predicted octanol–water partition coefficient (Wildman–Crippen LogP) is 1.76. The van der Waals surface area contributed by atoms with Crippen molar-refractivity contribution in [3.8, 4) is 0 Å². The maximum absolute atomic E-state index is 12.5. The summed E-state index contributed by atoms with van der Waals surface area (Å²) in [5.74, 6) is -0.105. The van der Waals surface area contributed by atoms with Crippen molar-refractivity contribution in [2.75, 3.05) is 27.3 Å². The Balaban J connectivity index is 1.82. The molecule has 0 aromatic heterocycles. The number of aliphatic carboxylic acids is 1. The molecule has 7 atom stereocenters. The molecule has 0 radical (unpaired) electrons. The van der Waals surface area contributed by atoms with Gasteiger partial charge in [0.2, 0.25) is 0 Å². The largest absolute Gasteiger partial charge is 0.478 e. The molecule has 2 spiro atoms. The summed E-state index contributed by atoms with van der Waals surface area (Å²) in [6, 6.07) is 0. The first kappa shape index (κ1) is 19.8. The quantitative estimate of drug-likeness (QED) is 0.370. The van der Waals surface area contributed by atoms with Crippen LogP contribution in [0.1, 0.15) is 26.2 Å². The Bertz CT molecular complexity index is 923. The third kappa shape index (κ3) is 1.94. The summed E-state index contributed by atoms with van der Waals surface area (Å²) in [4.78, 5) is 18.7. The van der Waals surface area contributed by atoms with Gasteiger partial charge in [-0.15, -0.1) is 0 Å². The van der Waals surface area contributed by atoms with Crippen molar-refractivity contribution in [3.05, 3.63) is 35.6 Å². The number of rotatable bonds is 3. The maximum Gasteiger partial charge on any atom is 0.334 e. The third-order valence-electron chi connectivity index (χ3n) is 9.03. The predicted molar refractivity (Wildman–Crippen MR) is 112 cm³/mol. The summed E-state index contributed by atoms with van der Waals surface area (Å²) in [5, 5.41) is 22.1. The molecule has 30 heavy (non-hydrogen) atoms. The van der Waals surface area contributed by atoms with Gasteiger partial charge in [-0.25, -0.2) is 4.79 Å². The summed E-state index contributed by atoms with van der Waals surface area (Å²) < 4.78 is 5.40. The topological polar surface area (TPSA) is 108 Å². The van der Waals surface area contributed by atoms with E-state index >= 15 is 0 Å². The van der Waals surface area contributed by atoms with Crippen LogP contribution in [0.3, 0.4) is 0 Å². The zero-order valence-electron chi connectivity index (χ0n) is 17.8. The number of guanidine groups is 1. The molecule has 2 fully saturated rings. The van der Waals surface area contributed by atoms with Gasteiger partial charge in [-0.05, 0) is 36.7 Å². The van der Waals surface area contributed by atoms with Gasteiger partial charge < -0.3 is 25.6 Å². The number of aliphatic hydroxyl groups is 1. The number of aliphatic imine (C=N–C) groups is 1. The van der Waals surface area contributed by atoms with Crippen LogP contribution < -0.4 is 5.73 Å². The van der Waals surface area contributed by atoms with Crippen LogP contribution in [-0.4, -0.2) is 60.0 Å². The van der Waals surface area contributed by atoms with Gasteiger partial charge in [-0.3, -0.25) is 4.99 Å². The van der Waals surface area contributed by atoms with Gasteiger partial charge in [0.1, 0.15) is 5.60 Å². The van der Waals surface area contributed by atoms with Crippen LogP contribution in [0.25, 0.3) is 0 Å². The number of carboxylic acids is 1. The highest BCUT2D eigenvalue weighted by molar-refractivity contribution is 5.92. The van der Waals surface area contributed by atoms with Crippen LogP contribution in [-0.2, 0) is 9.53 Å². The van der Waals surface area contributed by atoms with Gasteiger partial charge in [-0.1, -0.05) is 25.2 Å². The second-order valence-electron chi connectivity index (χ2n) is 9.74. The molecule has 162 valence electrons. The first-order valence-electron chi connectivity index (χ1n) is 10.8. The molecule has 2 saturated carbocycles. The van der Waals surface area contributed by atoms with E-state index in [1.54, 1.807) is 7.05 Å². The SMILES string of the molecule is CN=C(N)N1C=CC2C=CC3C(O)(COC)C(C(=O)O)=C4CC5CCC(C)C43C25C1. The van der Waals surface area contributed by atoms with Crippen LogP contribution in [0.5, 0.6) is 0 Å². The van der Waals surface area contributed by atoms with E-state index in [0.717, 1.165) is 24.8 Å². The molecule has 0 aromatic carbocycles. The van der Waals surface area contributed by atoms with Gasteiger partial charge >= 0.3 is 5.97 Å². The summed E-state index contributed by atoms with van der Waals surface area (Å²) in [5.41, 5.74) is 5.18. The van der Waals surface area contributed by atoms with Crippen molar-refractivity contribution in [2.45, 2.75) is 31.8 Å². The molecular formula is C23H31N3O4. The Hall–Kier alpha value is -2.12. The van der Waals surface area contributed by atoms with Crippen molar-refractivity contribution in [3.63, 3.8) is 0 Å². The van der Waals surface area contributed by atoms with Crippen molar-refractivity contribution in [1.82, 2.24) is 4.90 Å². The monoisotopic (exact) mass is 413 g/mol. The van der Waals surface area contributed by atoms with Crippen LogP contribution in [0.15, 0.2) is 40.6 Å². The van der Waals surface area contributed by atoms with Crippen molar-refractivity contribution in [1.29, 1.82) is 0 Å². The Morgan fingerprint density at radius 2 is 2.13 bits per heavy atom. The van der Waals surface area contributed by atoms with Gasteiger partial charge in [0.05, 0.1) is 12.2 Å². The second-order valence-corrected chi connectivity index (χ2v) is 9.74. The summed E-state index contributed by atoms with van der Waals surface area (Å²) in [6.45, 7) is 2.90. The number of hydrogen-bond donors (Lipinski definition) is 3. The van der Waals surface area contributed by atoms with Gasteiger partial charge in [-0.2, -0.15) is 0 Å². The minimum atomic E-state index is -1.53. The summed E-state index contributed by atoms with van der Waals surface area (Å²) >= 11 is 0. The van der Waals surface area contributed by atoms with E-state index < -0.39 is 17.0 Å². The minimum Gasteiger partial charge on any atom is -0.478 e. The minimum absolute atomic E-state index is 0.0227. The van der Waals surface area contributed by atoms with E-state index in [0.29, 0.717) is 18.4 Å². The summed E-state index contributed by atoms with van der Waals surface area (Å²) in [6.07, 6.45) is 11.3. The number of carbonyl (C=O) groups is 1. The zero-order chi connectivity index (χ0) is 21.5. The van der Waals surface area contributed by atoms with Gasteiger partial charge in [0.25, 0.3) is 0 Å². The van der Waals surface area contributed by atoms with Gasteiger partial charge in [0, 0.05) is 49.6 Å². The van der Waals surface area contributed by atoms with Crippen molar-refractivity contribution in [2.24, 2.45) is 45.2 Å². The molecule has 1 aliphatic heterocycles. The lowest BCUT2D eigenvalue weighted by molar-refractivity contribution is -0.152. The second kappa shape index (κ2) is 6.20. The number of ether oxygens (including phenoxy) is 1. The molecule has 7 unspecified atom stereocenters. The molecule has 0 aromatic rings. The van der Waals surface area contributed by atoms with Crippen molar-refractivity contribution >= 4 is 11.9 Å². The van der Waals surface area contributed by atoms with E-state index in [1.165, 1.54) is 7.11 Å². The fourth-order valence-electron chi connectivity index (χ4n) is 8.27. The molecular weight excluding hydrogens is 382 g/mol. The van der Waals surface area contributed by atoms with Crippen LogP contribution in [0, 0.1) is 34.5 Å². The lowest BCUT2D eigenvalue weighted by atomic mass is 9.41. The number of methoxy groups -OCH3 is 1. The lowest BCUT2D eigenvalue weighted by Crippen LogP contribution is -2.65. The number of nitrogens with zero attached hydrogens (tertiary/aromatic N) is 2. The molecule has 1 heterocycles. The number of hydrogen-bond acceptors (Lipinski definition) is 4. The molecule has 7 heteroatoms. The Morgan fingerprint density at radius 3 is 2.80 bits per heavy atom. The molecule has 7 nitrogen and oxygen atoms in total. The molecule has 4 aliphatic carbocycles. The highest BCUT2D eigenvalue weighted by Gasteiger charge is 2.79. The van der Waals surface area contributed by atoms with Gasteiger partial charge in [0.15, 0.2) is 5.96 Å². The van der Waals surface area contributed by atoms with E-state index in [4.69, 9.17) is 10.5 Å². The number of nitrogens with two attached hydrogens (primary N) is 1. The normalized spacial score (nSPS) is 46.3. The Kier molecular flexibility index (Phi) is 4.10. The fraction of sp³-hybridized carbons (Fsp3) is 0.652. The smallest absolute Gasteiger partial charge is 0.334 e. The highest BCUT2D eigenvalue weighted by Crippen LogP contribution is 2.80. The van der Waals surface area contributed by atoms with Crippen molar-refractivity contribution < 1.29 is 19.7 Å². The van der Waals surface area contributed by atoms with E-state index in [1.807, 2.05) is 11.1 Å². The molecule has 5 aliphatic rings. The van der Waals surface area contributed by atoms with E-state index in [2.05, 4.69) is 30.1 Å². The average Bonchev–Trinajstić information content (AvgIpc) is 3.05. The average molecular weight is 414 g/mol. The molecule has 2 bridgehead atoms.